The molecule has 0 aromatic carbocycles. The number of halogens is 1. The third-order valence-corrected chi connectivity index (χ3v) is 2.31. The van der Waals surface area contributed by atoms with E-state index in [1.165, 1.54) is 0 Å². The smallest absolute Gasteiger partial charge is 0.325 e. The molecule has 16 heavy (non-hydrogen) atoms. The minimum absolute atomic E-state index is 0.173. The Balaban J connectivity index is 2.67. The second-order valence-electron chi connectivity index (χ2n) is 3.02. The molecular weight excluding hydrogens is 274 g/mol. The van der Waals surface area contributed by atoms with Crippen molar-refractivity contribution >= 4 is 27.8 Å². The van der Waals surface area contributed by atoms with Crippen LogP contribution in [-0.2, 0) is 9.53 Å². The van der Waals surface area contributed by atoms with E-state index < -0.39 is 0 Å². The number of aromatic nitrogens is 2. The predicted octanol–water partition coefficient (Wildman–Crippen LogP) is 1.63. The summed E-state index contributed by atoms with van der Waals surface area (Å²) in [7, 11) is 0. The van der Waals surface area contributed by atoms with Crippen LogP contribution in [0, 0.1) is 0 Å². The number of ether oxygens (including phenoxy) is 1. The van der Waals surface area contributed by atoms with E-state index in [1.807, 2.05) is 6.92 Å². The third kappa shape index (κ3) is 3.77. The van der Waals surface area contributed by atoms with E-state index in [9.17, 15) is 4.79 Å². The van der Waals surface area contributed by atoms with E-state index in [-0.39, 0.29) is 12.5 Å². The number of hydrogen-bond acceptors (Lipinski definition) is 5. The number of nitrogens with zero attached hydrogens (tertiary/aromatic N) is 3. The van der Waals surface area contributed by atoms with Gasteiger partial charge in [-0.25, -0.2) is 9.97 Å². The van der Waals surface area contributed by atoms with Gasteiger partial charge in [-0.1, -0.05) is 0 Å². The van der Waals surface area contributed by atoms with Crippen molar-refractivity contribution in [3.8, 4) is 0 Å². The van der Waals surface area contributed by atoms with Gasteiger partial charge in [-0.3, -0.25) is 4.79 Å². The van der Waals surface area contributed by atoms with E-state index in [1.54, 1.807) is 24.2 Å². The predicted molar refractivity (Wildman–Crippen MR) is 64.3 cm³/mol. The molecular formula is C10H14BrN3O2. The van der Waals surface area contributed by atoms with Gasteiger partial charge in [-0.2, -0.15) is 0 Å². The summed E-state index contributed by atoms with van der Waals surface area (Å²) >= 11 is 3.26. The summed E-state index contributed by atoms with van der Waals surface area (Å²) in [6, 6.07) is 0. The third-order valence-electron chi connectivity index (χ3n) is 1.90. The van der Waals surface area contributed by atoms with Crippen LogP contribution < -0.4 is 4.90 Å². The molecule has 0 N–H and O–H groups in total. The summed E-state index contributed by atoms with van der Waals surface area (Å²) in [5, 5.41) is 0. The molecule has 1 heterocycles. The normalized spacial score (nSPS) is 9.94. The molecule has 0 unspecified atom stereocenters. The van der Waals surface area contributed by atoms with Crippen LogP contribution in [0.15, 0.2) is 16.9 Å². The summed E-state index contributed by atoms with van der Waals surface area (Å²) in [5.41, 5.74) is 0. The molecule has 1 rings (SSSR count). The van der Waals surface area contributed by atoms with Crippen molar-refractivity contribution < 1.29 is 9.53 Å². The fourth-order valence-corrected chi connectivity index (χ4v) is 1.36. The number of likely N-dealkylation sites (N-methyl/N-ethyl adjacent to an activating group) is 1. The Morgan fingerprint density at radius 2 is 2.06 bits per heavy atom. The van der Waals surface area contributed by atoms with Gasteiger partial charge >= 0.3 is 5.97 Å². The highest BCUT2D eigenvalue weighted by molar-refractivity contribution is 9.10. The van der Waals surface area contributed by atoms with Gasteiger partial charge in [0.25, 0.3) is 0 Å². The number of carbonyl (C=O) groups is 1. The van der Waals surface area contributed by atoms with Crippen LogP contribution in [0.1, 0.15) is 13.8 Å². The van der Waals surface area contributed by atoms with Crippen LogP contribution in [0.4, 0.5) is 5.95 Å². The van der Waals surface area contributed by atoms with Crippen LogP contribution >= 0.6 is 15.9 Å². The standard InChI is InChI=1S/C10H14BrN3O2/c1-3-14(7-9(15)16-4-2)10-12-5-8(11)6-13-10/h5-6H,3-4,7H2,1-2H3. The van der Waals surface area contributed by atoms with E-state index in [0.29, 0.717) is 19.1 Å². The Labute approximate surface area is 103 Å². The number of esters is 1. The van der Waals surface area contributed by atoms with Crippen LogP contribution in [-0.4, -0.2) is 35.6 Å². The summed E-state index contributed by atoms with van der Waals surface area (Å²) in [6.45, 7) is 4.93. The van der Waals surface area contributed by atoms with Crippen LogP contribution in [0.5, 0.6) is 0 Å². The number of hydrogen-bond donors (Lipinski definition) is 0. The Morgan fingerprint density at radius 1 is 1.44 bits per heavy atom. The summed E-state index contributed by atoms with van der Waals surface area (Å²) in [6.07, 6.45) is 3.30. The molecule has 0 saturated heterocycles. The first-order valence-corrected chi connectivity index (χ1v) is 5.84. The van der Waals surface area contributed by atoms with E-state index in [0.717, 1.165) is 4.47 Å². The van der Waals surface area contributed by atoms with Crippen molar-refractivity contribution in [2.45, 2.75) is 13.8 Å². The van der Waals surface area contributed by atoms with Crippen molar-refractivity contribution in [3.63, 3.8) is 0 Å². The largest absolute Gasteiger partial charge is 0.465 e. The Hall–Kier alpha value is -1.17. The molecule has 1 aromatic heterocycles. The molecule has 0 spiro atoms. The van der Waals surface area contributed by atoms with Crippen molar-refractivity contribution in [1.29, 1.82) is 0 Å². The second-order valence-corrected chi connectivity index (χ2v) is 3.94. The average Bonchev–Trinajstić information content (AvgIpc) is 2.27. The van der Waals surface area contributed by atoms with Gasteiger partial charge in [-0.15, -0.1) is 0 Å². The fraction of sp³-hybridized carbons (Fsp3) is 0.500. The molecule has 0 atom stereocenters. The lowest BCUT2D eigenvalue weighted by Gasteiger charge is -2.19. The highest BCUT2D eigenvalue weighted by atomic mass is 79.9. The van der Waals surface area contributed by atoms with Gasteiger partial charge in [0.1, 0.15) is 6.54 Å². The molecule has 88 valence electrons. The molecule has 0 aliphatic rings. The van der Waals surface area contributed by atoms with Crippen LogP contribution in [0.2, 0.25) is 0 Å². The minimum atomic E-state index is -0.268. The number of rotatable bonds is 5. The Morgan fingerprint density at radius 3 is 2.56 bits per heavy atom. The second kappa shape index (κ2) is 6.42. The monoisotopic (exact) mass is 287 g/mol. The molecule has 1 aromatic rings. The number of carbonyl (C=O) groups excluding carboxylic acids is 1. The molecule has 0 amide bonds. The van der Waals surface area contributed by atoms with E-state index in [2.05, 4.69) is 25.9 Å². The maximum absolute atomic E-state index is 11.3. The number of anilines is 1. The Bertz CT molecular complexity index is 342. The first-order valence-electron chi connectivity index (χ1n) is 5.05. The molecule has 0 aliphatic heterocycles. The van der Waals surface area contributed by atoms with Gasteiger partial charge in [0.05, 0.1) is 11.1 Å². The lowest BCUT2D eigenvalue weighted by molar-refractivity contribution is -0.141. The SMILES string of the molecule is CCOC(=O)CN(CC)c1ncc(Br)cn1. The highest BCUT2D eigenvalue weighted by Gasteiger charge is 2.12. The lowest BCUT2D eigenvalue weighted by Crippen LogP contribution is -2.32. The summed E-state index contributed by atoms with van der Waals surface area (Å²) in [5.74, 6) is 0.259. The molecule has 5 nitrogen and oxygen atoms in total. The van der Waals surface area contributed by atoms with Crippen molar-refractivity contribution in [1.82, 2.24) is 9.97 Å². The molecule has 6 heteroatoms. The maximum atomic E-state index is 11.3. The lowest BCUT2D eigenvalue weighted by atomic mass is 10.5. The van der Waals surface area contributed by atoms with Gasteiger partial charge in [-0.05, 0) is 29.8 Å². The molecule has 0 bridgehead atoms. The van der Waals surface area contributed by atoms with Gasteiger partial charge < -0.3 is 9.64 Å². The van der Waals surface area contributed by atoms with Crippen molar-refractivity contribution in [2.24, 2.45) is 0 Å². The maximum Gasteiger partial charge on any atom is 0.325 e. The van der Waals surface area contributed by atoms with E-state index >= 15 is 0 Å². The van der Waals surface area contributed by atoms with E-state index in [4.69, 9.17) is 4.74 Å². The zero-order chi connectivity index (χ0) is 12.0. The molecule has 0 saturated carbocycles. The van der Waals surface area contributed by atoms with Crippen molar-refractivity contribution in [2.75, 3.05) is 24.6 Å². The minimum Gasteiger partial charge on any atom is -0.465 e. The molecule has 0 aliphatic carbocycles. The van der Waals surface area contributed by atoms with Gasteiger partial charge in [0.2, 0.25) is 5.95 Å². The fourth-order valence-electron chi connectivity index (χ4n) is 1.16. The highest BCUT2D eigenvalue weighted by Crippen LogP contribution is 2.10. The van der Waals surface area contributed by atoms with Crippen molar-refractivity contribution in [3.05, 3.63) is 16.9 Å². The molecule has 0 fully saturated rings. The summed E-state index contributed by atoms with van der Waals surface area (Å²) in [4.78, 5) is 21.3. The van der Waals surface area contributed by atoms with Gasteiger partial charge in [0, 0.05) is 18.9 Å². The zero-order valence-corrected chi connectivity index (χ0v) is 10.9. The summed E-state index contributed by atoms with van der Waals surface area (Å²) < 4.78 is 5.68. The first kappa shape index (κ1) is 12.9. The first-order chi connectivity index (χ1) is 7.67. The average molecular weight is 288 g/mol. The Kier molecular flexibility index (Phi) is 5.18. The van der Waals surface area contributed by atoms with Gasteiger partial charge in [0.15, 0.2) is 0 Å². The van der Waals surface area contributed by atoms with Crippen LogP contribution in [0.3, 0.4) is 0 Å². The quantitative estimate of drug-likeness (QED) is 0.771. The van der Waals surface area contributed by atoms with Crippen LogP contribution in [0.25, 0.3) is 0 Å². The topological polar surface area (TPSA) is 55.3 Å². The molecule has 0 radical (unpaired) electrons. The zero-order valence-electron chi connectivity index (χ0n) is 9.31.